The van der Waals surface area contributed by atoms with Crippen molar-refractivity contribution in [2.75, 3.05) is 0 Å². The van der Waals surface area contributed by atoms with Gasteiger partial charge in [-0.05, 0) is 11.5 Å². The van der Waals surface area contributed by atoms with Crippen molar-refractivity contribution in [2.24, 2.45) is 0 Å². The molecule has 0 saturated carbocycles. The fourth-order valence-corrected chi connectivity index (χ4v) is 1.07. The molecule has 0 aliphatic rings. The molecule has 0 spiro atoms. The van der Waals surface area contributed by atoms with Gasteiger partial charge in [0.1, 0.15) is 7.28 Å². The van der Waals surface area contributed by atoms with E-state index in [9.17, 15) is 0 Å². The molecule has 1 radical (unpaired) electrons. The zero-order valence-corrected chi connectivity index (χ0v) is 7.46. The molecule has 0 aliphatic heterocycles. The Morgan fingerprint density at radius 1 is 1.09 bits per heavy atom. The van der Waals surface area contributed by atoms with Crippen LogP contribution in [0.25, 0.3) is 0 Å². The Morgan fingerprint density at radius 2 is 1.64 bits per heavy atom. The summed E-state index contributed by atoms with van der Waals surface area (Å²) in [5.74, 6) is 0.640. The summed E-state index contributed by atoms with van der Waals surface area (Å²) in [7, 11) is 2.12. The third-order valence-electron chi connectivity index (χ3n) is 1.94. The molecule has 0 unspecified atom stereocenters. The van der Waals surface area contributed by atoms with E-state index in [1.54, 1.807) is 0 Å². The first-order chi connectivity index (χ1) is 5.24. The molecular weight excluding hydrogens is 131 g/mol. The summed E-state index contributed by atoms with van der Waals surface area (Å²) < 4.78 is 0. The van der Waals surface area contributed by atoms with Crippen molar-refractivity contribution in [3.05, 3.63) is 29.8 Å². The molecular formula is C10H14B. The first kappa shape index (κ1) is 8.38. The summed E-state index contributed by atoms with van der Waals surface area (Å²) in [6.45, 7) is 6.49. The van der Waals surface area contributed by atoms with Crippen LogP contribution >= 0.6 is 0 Å². The lowest BCUT2D eigenvalue weighted by atomic mass is 9.73. The molecule has 0 nitrogen and oxygen atoms in total. The Bertz CT molecular complexity index is 211. The van der Waals surface area contributed by atoms with Gasteiger partial charge in [0.2, 0.25) is 0 Å². The predicted octanol–water partition coefficient (Wildman–Crippen LogP) is 2.19. The van der Waals surface area contributed by atoms with Crippen molar-refractivity contribution in [3.8, 4) is 0 Å². The average Bonchev–Trinajstić information content (AvgIpc) is 2.05. The van der Waals surface area contributed by atoms with Crippen molar-refractivity contribution >= 4 is 12.7 Å². The van der Waals surface area contributed by atoms with Crippen LogP contribution < -0.4 is 5.46 Å². The summed E-state index contributed by atoms with van der Waals surface area (Å²) in [6.07, 6.45) is 0. The van der Waals surface area contributed by atoms with E-state index in [0.29, 0.717) is 5.92 Å². The second-order valence-corrected chi connectivity index (χ2v) is 3.11. The van der Waals surface area contributed by atoms with Gasteiger partial charge >= 0.3 is 0 Å². The molecule has 11 heavy (non-hydrogen) atoms. The van der Waals surface area contributed by atoms with Gasteiger partial charge in [-0.1, -0.05) is 50.4 Å². The summed E-state index contributed by atoms with van der Waals surface area (Å²) in [6, 6.07) is 8.71. The SMILES string of the molecule is C[B]c1ccc(C(C)C)cc1. The maximum atomic E-state index is 2.21. The van der Waals surface area contributed by atoms with E-state index in [-0.39, 0.29) is 0 Å². The Balaban J connectivity index is 2.83. The number of hydrogen-bond donors (Lipinski definition) is 0. The minimum atomic E-state index is 0.640. The van der Waals surface area contributed by atoms with Crippen LogP contribution in [0.1, 0.15) is 25.3 Å². The summed E-state index contributed by atoms with van der Waals surface area (Å²) in [5.41, 5.74) is 2.71. The molecule has 1 aromatic rings. The van der Waals surface area contributed by atoms with Gasteiger partial charge in [-0.15, -0.1) is 0 Å². The van der Waals surface area contributed by atoms with Crippen LogP contribution in [0.5, 0.6) is 0 Å². The normalized spacial score (nSPS) is 10.2. The Morgan fingerprint density at radius 3 is 2.00 bits per heavy atom. The van der Waals surface area contributed by atoms with Gasteiger partial charge in [-0.3, -0.25) is 0 Å². The second-order valence-electron chi connectivity index (χ2n) is 3.11. The maximum absolute atomic E-state index is 2.21. The molecule has 0 aromatic heterocycles. The third kappa shape index (κ3) is 2.11. The highest BCUT2D eigenvalue weighted by atomic mass is 14.0. The third-order valence-corrected chi connectivity index (χ3v) is 1.94. The highest BCUT2D eigenvalue weighted by molar-refractivity contribution is 6.51. The number of benzene rings is 1. The van der Waals surface area contributed by atoms with Gasteiger partial charge in [0.15, 0.2) is 0 Å². The maximum Gasteiger partial charge on any atom is 0.148 e. The molecule has 0 heterocycles. The van der Waals surface area contributed by atoms with Crippen LogP contribution in [0.4, 0.5) is 0 Å². The first-order valence-electron chi connectivity index (χ1n) is 4.13. The van der Waals surface area contributed by atoms with Crippen molar-refractivity contribution in [1.82, 2.24) is 0 Å². The molecule has 0 aliphatic carbocycles. The molecule has 0 atom stereocenters. The van der Waals surface area contributed by atoms with Gasteiger partial charge in [0.05, 0.1) is 0 Å². The lowest BCUT2D eigenvalue weighted by Crippen LogP contribution is -2.09. The van der Waals surface area contributed by atoms with E-state index < -0.39 is 0 Å². The lowest BCUT2D eigenvalue weighted by molar-refractivity contribution is 0.867. The van der Waals surface area contributed by atoms with E-state index in [0.717, 1.165) is 0 Å². The Hall–Kier alpha value is -0.715. The van der Waals surface area contributed by atoms with Crippen LogP contribution in [0.15, 0.2) is 24.3 Å². The van der Waals surface area contributed by atoms with Gasteiger partial charge in [-0.25, -0.2) is 0 Å². The van der Waals surface area contributed by atoms with Crippen molar-refractivity contribution in [2.45, 2.75) is 26.6 Å². The quantitative estimate of drug-likeness (QED) is 0.559. The zero-order valence-electron chi connectivity index (χ0n) is 7.46. The molecule has 1 heteroatoms. The largest absolute Gasteiger partial charge is 0.148 e. The molecule has 0 bridgehead atoms. The predicted molar refractivity (Wildman–Crippen MR) is 51.8 cm³/mol. The molecule has 1 aromatic carbocycles. The lowest BCUT2D eigenvalue weighted by Gasteiger charge is -2.04. The first-order valence-corrected chi connectivity index (χ1v) is 4.13. The van der Waals surface area contributed by atoms with Gasteiger partial charge < -0.3 is 0 Å². The Labute approximate surface area is 69.9 Å². The highest BCUT2D eigenvalue weighted by Crippen LogP contribution is 2.11. The number of hydrogen-bond acceptors (Lipinski definition) is 0. The Kier molecular flexibility index (Phi) is 2.75. The van der Waals surface area contributed by atoms with Gasteiger partial charge in [-0.2, -0.15) is 0 Å². The van der Waals surface area contributed by atoms with Crippen LogP contribution in [-0.2, 0) is 0 Å². The van der Waals surface area contributed by atoms with Crippen LogP contribution in [-0.4, -0.2) is 7.28 Å². The minimum absolute atomic E-state index is 0.640. The molecule has 0 amide bonds. The van der Waals surface area contributed by atoms with Crippen LogP contribution in [0.3, 0.4) is 0 Å². The van der Waals surface area contributed by atoms with E-state index in [1.165, 1.54) is 11.0 Å². The summed E-state index contributed by atoms with van der Waals surface area (Å²) >= 11 is 0. The summed E-state index contributed by atoms with van der Waals surface area (Å²) in [5, 5.41) is 0. The van der Waals surface area contributed by atoms with E-state index in [1.807, 2.05) is 0 Å². The average molecular weight is 145 g/mol. The van der Waals surface area contributed by atoms with Crippen LogP contribution in [0.2, 0.25) is 6.82 Å². The van der Waals surface area contributed by atoms with Gasteiger partial charge in [0.25, 0.3) is 0 Å². The fraction of sp³-hybridized carbons (Fsp3) is 0.400. The highest BCUT2D eigenvalue weighted by Gasteiger charge is 1.96. The van der Waals surface area contributed by atoms with Crippen molar-refractivity contribution in [3.63, 3.8) is 0 Å². The monoisotopic (exact) mass is 145 g/mol. The molecule has 57 valence electrons. The van der Waals surface area contributed by atoms with Crippen molar-refractivity contribution in [1.29, 1.82) is 0 Å². The summed E-state index contributed by atoms with van der Waals surface area (Å²) in [4.78, 5) is 0. The zero-order chi connectivity index (χ0) is 8.27. The molecule has 0 saturated heterocycles. The van der Waals surface area contributed by atoms with Gasteiger partial charge in [0, 0.05) is 0 Å². The molecule has 1 rings (SSSR count). The topological polar surface area (TPSA) is 0 Å². The minimum Gasteiger partial charge on any atom is -0.0881 e. The van der Waals surface area contributed by atoms with Crippen molar-refractivity contribution < 1.29 is 0 Å². The smallest absolute Gasteiger partial charge is 0.0881 e. The van der Waals surface area contributed by atoms with E-state index in [4.69, 9.17) is 0 Å². The second kappa shape index (κ2) is 3.61. The standard InChI is InChI=1S/C10H14B/c1-8(2)9-4-6-10(11-3)7-5-9/h4-8H,1-3H3. The molecule has 0 N–H and O–H groups in total. The number of rotatable bonds is 2. The molecule has 0 fully saturated rings. The van der Waals surface area contributed by atoms with E-state index in [2.05, 4.69) is 52.2 Å². The fourth-order valence-electron chi connectivity index (χ4n) is 1.07. The van der Waals surface area contributed by atoms with E-state index >= 15 is 0 Å². The van der Waals surface area contributed by atoms with Crippen LogP contribution in [0, 0.1) is 0 Å².